The average Bonchev–Trinajstić information content (AvgIpc) is 3.19. The highest BCUT2D eigenvalue weighted by atomic mass is 79.9. The van der Waals surface area contributed by atoms with Gasteiger partial charge in [0.2, 0.25) is 0 Å². The van der Waals surface area contributed by atoms with Crippen LogP contribution in [0.5, 0.6) is 5.75 Å². The Morgan fingerprint density at radius 2 is 1.54 bits per heavy atom. The van der Waals surface area contributed by atoms with Crippen LogP contribution < -0.4 is 14.2 Å². The van der Waals surface area contributed by atoms with Crippen LogP contribution in [-0.4, -0.2) is 23.9 Å². The molecule has 0 saturated heterocycles. The molecule has 0 saturated carbocycles. The SMILES string of the molecule is COc1ccc(Br)cc1S(=O)(=O)Nc1ccccc1NS(=O)(=O)c1cccs1. The number of nitrogens with one attached hydrogen (secondary N) is 2. The van der Waals surface area contributed by atoms with Gasteiger partial charge in [-0.05, 0) is 41.8 Å². The minimum Gasteiger partial charge on any atom is -0.495 e. The van der Waals surface area contributed by atoms with E-state index in [9.17, 15) is 16.8 Å². The lowest BCUT2D eigenvalue weighted by Gasteiger charge is -2.15. The summed E-state index contributed by atoms with van der Waals surface area (Å²) in [5.41, 5.74) is 0.193. The molecule has 0 spiro atoms. The topological polar surface area (TPSA) is 102 Å². The van der Waals surface area contributed by atoms with Gasteiger partial charge in [0.25, 0.3) is 20.0 Å². The molecule has 3 aromatic rings. The summed E-state index contributed by atoms with van der Waals surface area (Å²) in [6, 6.07) is 13.8. The number of sulfonamides is 2. The second-order valence-corrected chi connectivity index (χ2v) is 10.9. The van der Waals surface area contributed by atoms with Crippen LogP contribution in [-0.2, 0) is 20.0 Å². The molecule has 11 heteroatoms. The molecule has 3 rings (SSSR count). The number of methoxy groups -OCH3 is 1. The third-order valence-electron chi connectivity index (χ3n) is 3.59. The normalized spacial score (nSPS) is 11.8. The van der Waals surface area contributed by atoms with Gasteiger partial charge in [-0.3, -0.25) is 9.44 Å². The van der Waals surface area contributed by atoms with E-state index >= 15 is 0 Å². The first-order chi connectivity index (χ1) is 13.2. The predicted octanol–water partition coefficient (Wildman–Crippen LogP) is 4.12. The van der Waals surface area contributed by atoms with Crippen LogP contribution in [0, 0.1) is 0 Å². The molecule has 28 heavy (non-hydrogen) atoms. The van der Waals surface area contributed by atoms with Crippen LogP contribution in [0.25, 0.3) is 0 Å². The van der Waals surface area contributed by atoms with Crippen molar-refractivity contribution in [3.63, 3.8) is 0 Å². The van der Waals surface area contributed by atoms with Crippen LogP contribution in [0.2, 0.25) is 0 Å². The molecule has 0 bridgehead atoms. The quantitative estimate of drug-likeness (QED) is 0.505. The second-order valence-electron chi connectivity index (χ2n) is 5.48. The Hall–Kier alpha value is -2.08. The minimum absolute atomic E-state index is 0.0831. The highest BCUT2D eigenvalue weighted by molar-refractivity contribution is 9.10. The number of anilines is 2. The molecule has 1 heterocycles. The van der Waals surface area contributed by atoms with E-state index in [0.29, 0.717) is 4.47 Å². The molecule has 0 fully saturated rings. The van der Waals surface area contributed by atoms with Gasteiger partial charge < -0.3 is 4.74 Å². The molecule has 0 amide bonds. The lowest BCUT2D eigenvalue weighted by molar-refractivity contribution is 0.403. The zero-order valence-electron chi connectivity index (χ0n) is 14.4. The van der Waals surface area contributed by atoms with Crippen LogP contribution in [0.3, 0.4) is 0 Å². The van der Waals surface area contributed by atoms with E-state index in [-0.39, 0.29) is 26.2 Å². The Morgan fingerprint density at radius 1 is 0.893 bits per heavy atom. The van der Waals surface area contributed by atoms with Crippen LogP contribution in [0.1, 0.15) is 0 Å². The molecule has 0 atom stereocenters. The van der Waals surface area contributed by atoms with Crippen molar-refractivity contribution in [3.8, 4) is 5.75 Å². The van der Waals surface area contributed by atoms with Gasteiger partial charge in [0.05, 0.1) is 18.5 Å². The van der Waals surface area contributed by atoms with Crippen molar-refractivity contribution in [3.05, 3.63) is 64.5 Å². The van der Waals surface area contributed by atoms with E-state index < -0.39 is 20.0 Å². The van der Waals surface area contributed by atoms with E-state index in [4.69, 9.17) is 4.74 Å². The smallest absolute Gasteiger partial charge is 0.271 e. The summed E-state index contributed by atoms with van der Waals surface area (Å²) in [6.07, 6.45) is 0. The van der Waals surface area contributed by atoms with E-state index in [1.54, 1.807) is 29.6 Å². The number of ether oxygens (including phenoxy) is 1. The number of benzene rings is 2. The van der Waals surface area contributed by atoms with Gasteiger partial charge in [-0.25, -0.2) is 16.8 Å². The third kappa shape index (κ3) is 4.49. The van der Waals surface area contributed by atoms with Gasteiger partial charge in [-0.1, -0.05) is 34.1 Å². The van der Waals surface area contributed by atoms with Gasteiger partial charge >= 0.3 is 0 Å². The molecule has 0 radical (unpaired) electrons. The van der Waals surface area contributed by atoms with E-state index in [0.717, 1.165) is 11.3 Å². The Bertz CT molecular complexity index is 1190. The number of para-hydroxylation sites is 2. The standard InChI is InChI=1S/C17H15BrN2O5S3/c1-25-15-9-8-12(18)11-16(15)27(21,22)19-13-5-2-3-6-14(13)20-28(23,24)17-7-4-10-26-17/h2-11,19-20H,1H3. The Kier molecular flexibility index (Phi) is 5.98. The number of hydrogen-bond donors (Lipinski definition) is 2. The first-order valence-electron chi connectivity index (χ1n) is 7.75. The van der Waals surface area contributed by atoms with Crippen molar-refractivity contribution in [1.29, 1.82) is 0 Å². The van der Waals surface area contributed by atoms with Crippen molar-refractivity contribution in [1.82, 2.24) is 0 Å². The molecular weight excluding hydrogens is 488 g/mol. The molecule has 1 aromatic heterocycles. The van der Waals surface area contributed by atoms with Crippen molar-refractivity contribution in [2.24, 2.45) is 0 Å². The lowest BCUT2D eigenvalue weighted by Crippen LogP contribution is -2.17. The summed E-state index contributed by atoms with van der Waals surface area (Å²) in [5.74, 6) is 0.160. The third-order valence-corrected chi connectivity index (χ3v) is 8.23. The van der Waals surface area contributed by atoms with Gasteiger partial charge in [0.15, 0.2) is 0 Å². The maximum atomic E-state index is 12.9. The van der Waals surface area contributed by atoms with Crippen LogP contribution in [0.15, 0.2) is 73.6 Å². The van der Waals surface area contributed by atoms with Gasteiger partial charge in [-0.2, -0.15) is 0 Å². The van der Waals surface area contributed by atoms with E-state index in [1.165, 1.54) is 37.4 Å². The second kappa shape index (κ2) is 8.11. The highest BCUT2D eigenvalue weighted by Crippen LogP contribution is 2.32. The summed E-state index contributed by atoms with van der Waals surface area (Å²) in [5, 5.41) is 1.64. The highest BCUT2D eigenvalue weighted by Gasteiger charge is 2.23. The molecule has 0 aliphatic heterocycles. The number of thiophene rings is 1. The molecule has 2 aromatic carbocycles. The average molecular weight is 503 g/mol. The Balaban J connectivity index is 1.97. The molecule has 0 aliphatic carbocycles. The fraction of sp³-hybridized carbons (Fsp3) is 0.0588. The Morgan fingerprint density at radius 3 is 2.11 bits per heavy atom. The fourth-order valence-electron chi connectivity index (χ4n) is 2.33. The number of halogens is 1. The first-order valence-corrected chi connectivity index (χ1v) is 12.4. The fourth-order valence-corrected chi connectivity index (χ4v) is 6.19. The largest absolute Gasteiger partial charge is 0.495 e. The summed E-state index contributed by atoms with van der Waals surface area (Å²) >= 11 is 4.30. The summed E-state index contributed by atoms with van der Waals surface area (Å²) in [6.45, 7) is 0. The maximum Gasteiger partial charge on any atom is 0.271 e. The molecule has 0 aliphatic rings. The molecule has 148 valence electrons. The minimum atomic E-state index is -4.05. The first kappa shape index (κ1) is 20.6. The summed E-state index contributed by atoms with van der Waals surface area (Å²) < 4.78 is 61.4. The summed E-state index contributed by atoms with van der Waals surface area (Å²) in [7, 11) is -6.51. The zero-order valence-corrected chi connectivity index (χ0v) is 18.5. The summed E-state index contributed by atoms with van der Waals surface area (Å²) in [4.78, 5) is -0.0831. The molecule has 0 unspecified atom stereocenters. The zero-order chi connectivity index (χ0) is 20.4. The van der Waals surface area contributed by atoms with E-state index in [1.807, 2.05) is 0 Å². The van der Waals surface area contributed by atoms with Gasteiger partial charge in [0, 0.05) is 4.47 Å². The van der Waals surface area contributed by atoms with Gasteiger partial charge in [0.1, 0.15) is 14.9 Å². The molecule has 2 N–H and O–H groups in total. The van der Waals surface area contributed by atoms with Crippen molar-refractivity contribution >= 4 is 58.7 Å². The predicted molar refractivity (Wildman–Crippen MR) is 113 cm³/mol. The number of rotatable bonds is 7. The van der Waals surface area contributed by atoms with Crippen molar-refractivity contribution in [2.75, 3.05) is 16.6 Å². The van der Waals surface area contributed by atoms with Crippen molar-refractivity contribution in [2.45, 2.75) is 9.10 Å². The van der Waals surface area contributed by atoms with Crippen LogP contribution >= 0.6 is 27.3 Å². The monoisotopic (exact) mass is 502 g/mol. The Labute approximate surface area is 175 Å². The molecule has 7 nitrogen and oxygen atoms in total. The number of hydrogen-bond acceptors (Lipinski definition) is 6. The van der Waals surface area contributed by atoms with Crippen molar-refractivity contribution < 1.29 is 21.6 Å². The van der Waals surface area contributed by atoms with E-state index in [2.05, 4.69) is 25.4 Å². The molecular formula is C17H15BrN2O5S3. The van der Waals surface area contributed by atoms with Crippen LogP contribution in [0.4, 0.5) is 11.4 Å². The van der Waals surface area contributed by atoms with Gasteiger partial charge in [-0.15, -0.1) is 11.3 Å². The maximum absolute atomic E-state index is 12.9. The lowest BCUT2D eigenvalue weighted by atomic mass is 10.3.